The molecule has 8 nitrogen and oxygen atoms in total. The van der Waals surface area contributed by atoms with Gasteiger partial charge in [0, 0.05) is 99.2 Å². The zero-order chi connectivity index (χ0) is 82.5. The number of aromatic nitrogens is 8. The van der Waals surface area contributed by atoms with Gasteiger partial charge in [-0.2, -0.15) is 0 Å². The average Bonchev–Trinajstić information content (AvgIpc) is 1.59. The van der Waals surface area contributed by atoms with Crippen molar-refractivity contribution in [3.63, 3.8) is 0 Å². The van der Waals surface area contributed by atoms with Gasteiger partial charge in [-0.05, 0) is 185 Å². The summed E-state index contributed by atoms with van der Waals surface area (Å²) >= 11 is 0. The fourth-order valence-electron chi connectivity index (χ4n) is 18.3. The highest BCUT2D eigenvalue weighted by Gasteiger charge is 2.23. The van der Waals surface area contributed by atoms with Crippen molar-refractivity contribution in [1.82, 2.24) is 38.2 Å². The molecule has 0 atom stereocenters. The summed E-state index contributed by atoms with van der Waals surface area (Å²) in [5, 5.41) is 9.96. The highest BCUT2D eigenvalue weighted by molar-refractivity contribution is 6.15. The molecule has 22 rings (SSSR count). The number of nitrogens with zero attached hydrogens (tertiary/aromatic N) is 8. The lowest BCUT2D eigenvalue weighted by Crippen LogP contribution is -2.10. The molecule has 0 aliphatic heterocycles. The van der Waals surface area contributed by atoms with Crippen LogP contribution < -0.4 is 0 Å². The number of benzene rings is 16. The molecule has 0 spiro atoms. The Labute approximate surface area is 716 Å². The monoisotopic (exact) mass is 1580 g/mol. The number of unbranched alkanes of at least 4 members (excludes halogenated alkanes) is 4. The summed E-state index contributed by atoms with van der Waals surface area (Å²) in [5.74, 6) is 1.43. The van der Waals surface area contributed by atoms with Gasteiger partial charge in [0.05, 0.1) is 66.9 Å². The van der Waals surface area contributed by atoms with Crippen LogP contribution in [0.25, 0.3) is 200 Å². The number of para-hydroxylation sites is 4. The maximum atomic E-state index is 5.08. The van der Waals surface area contributed by atoms with Gasteiger partial charge in [0.25, 0.3) is 0 Å². The van der Waals surface area contributed by atoms with Crippen molar-refractivity contribution in [2.24, 2.45) is 0 Å². The first-order valence-electron chi connectivity index (χ1n) is 43.1. The van der Waals surface area contributed by atoms with Crippen molar-refractivity contribution in [3.8, 4) is 113 Å². The molecule has 6 aromatic heterocycles. The Kier molecular flexibility index (Phi) is 19.7. The number of rotatable bonds is 18. The van der Waals surface area contributed by atoms with Crippen LogP contribution in [0.2, 0.25) is 0 Å². The Bertz CT molecular complexity index is 7550. The van der Waals surface area contributed by atoms with Crippen LogP contribution in [-0.4, -0.2) is 38.2 Å². The van der Waals surface area contributed by atoms with Crippen LogP contribution >= 0.6 is 0 Å². The second-order valence-electron chi connectivity index (χ2n) is 33.4. The van der Waals surface area contributed by atoms with Gasteiger partial charge < -0.3 is 18.3 Å². The fourth-order valence-corrected chi connectivity index (χ4v) is 18.3. The van der Waals surface area contributed by atoms with Gasteiger partial charge in [-0.15, -0.1) is 0 Å². The number of hydrogen-bond donors (Lipinski definition) is 0. The molecule has 16 aromatic carbocycles. The lowest BCUT2D eigenvalue weighted by molar-refractivity contribution is 0.590. The minimum atomic E-state index is 0.103. The summed E-state index contributed by atoms with van der Waals surface area (Å²) in [6.07, 6.45) is 7.68. The Hall–Kier alpha value is -15.1. The maximum Gasteiger partial charge on any atom is 0.160 e. The van der Waals surface area contributed by atoms with E-state index in [9.17, 15) is 0 Å². The smallest absolute Gasteiger partial charge is 0.160 e. The third kappa shape index (κ3) is 14.4. The predicted molar refractivity (Wildman–Crippen MR) is 516 cm³/mol. The topological polar surface area (TPSA) is 71.3 Å². The lowest BCUT2D eigenvalue weighted by Gasteiger charge is -2.19. The van der Waals surface area contributed by atoms with E-state index >= 15 is 0 Å². The van der Waals surface area contributed by atoms with Crippen LogP contribution in [0.4, 0.5) is 0 Å². The molecule has 123 heavy (non-hydrogen) atoms. The van der Waals surface area contributed by atoms with E-state index in [1.54, 1.807) is 0 Å². The van der Waals surface area contributed by atoms with Crippen LogP contribution in [0.5, 0.6) is 0 Å². The van der Waals surface area contributed by atoms with E-state index < -0.39 is 0 Å². The van der Waals surface area contributed by atoms with E-state index in [1.807, 2.05) is 48.5 Å². The maximum absolute atomic E-state index is 5.08. The van der Waals surface area contributed by atoms with Crippen molar-refractivity contribution < 1.29 is 0 Å². The van der Waals surface area contributed by atoms with E-state index in [0.29, 0.717) is 11.6 Å². The van der Waals surface area contributed by atoms with Crippen LogP contribution in [0.1, 0.15) is 70.9 Å². The zero-order valence-corrected chi connectivity index (χ0v) is 69.4. The van der Waals surface area contributed by atoms with E-state index in [0.717, 1.165) is 74.0 Å². The summed E-state index contributed by atoms with van der Waals surface area (Å²) < 4.78 is 9.59. The zero-order valence-electron chi connectivity index (χ0n) is 69.4. The lowest BCUT2D eigenvalue weighted by atomic mass is 9.87. The molecule has 0 aliphatic rings. The van der Waals surface area contributed by atoms with Crippen LogP contribution in [0.3, 0.4) is 0 Å². The van der Waals surface area contributed by atoms with Gasteiger partial charge in [0.15, 0.2) is 11.6 Å². The molecule has 8 heteroatoms. The van der Waals surface area contributed by atoms with E-state index in [1.165, 1.54) is 164 Å². The normalized spacial score (nSPS) is 11.8. The highest BCUT2D eigenvalue weighted by atomic mass is 15.0. The summed E-state index contributed by atoms with van der Waals surface area (Å²) in [4.78, 5) is 20.1. The molecular weight excluding hydrogens is 1490 g/mol. The molecule has 0 saturated heterocycles. The van der Waals surface area contributed by atoms with Crippen molar-refractivity contribution in [3.05, 3.63) is 412 Å². The largest absolute Gasteiger partial charge is 0.309 e. The van der Waals surface area contributed by atoms with E-state index in [2.05, 4.69) is 398 Å². The molecule has 0 unspecified atom stereocenters. The van der Waals surface area contributed by atoms with Crippen molar-refractivity contribution in [2.45, 2.75) is 71.6 Å². The average molecular weight is 1580 g/mol. The standard InChI is InChI=1S/C59H48N4.C56H42N4/c1-2-3-4-5-8-17-41-26-32-47(33-27-41)62-55-24-15-13-22-49(55)51-38-45(30-36-57(51)62)46-31-37-58-52(39-46)50-23-14-16-25-56(50)63(58)48-34-28-43(29-35-48)54-40-53(42-18-9-6-10-19-42)60-59(61-54)44-20-11-7-12-21-44;1-56(2,3)42-26-30-44(31-27-42)60-52-21-13-11-19-46(52)48-35-41(25-33-54(48)60)40-24-32-53-47(34-40)45-18-10-12-20-51(45)59(53)43-28-22-38(23-29-43)50-36-49(37-14-6-4-7-15-37)57-55(58-50)39-16-8-5-9-17-39/h6-7,9-16,18-40H,2-5,8,17H2,1H3;4-36H,1-3H3. The SMILES string of the molecule is CC(C)(C)c1ccc(-n2c3ccccc3c3cc(-c4ccc5c(c4)c4ccccc4n5-c4ccc(-c5cc(-c6ccccc6)nc(-c6ccccc6)n5)cc4)ccc32)cc1.CCCCCCCc1ccc(-n2c3ccccc3c3cc(-c4ccc5c(c4)c4ccccc4n5-c4ccc(-c5cc(-c6ccccc6)nc(-c6ccccc6)n5)cc4)ccc32)cc1. The molecule has 0 fully saturated rings. The van der Waals surface area contributed by atoms with Crippen molar-refractivity contribution in [1.29, 1.82) is 0 Å². The Morgan fingerprint density at radius 2 is 0.463 bits per heavy atom. The molecule has 0 saturated carbocycles. The molecular formula is C115H90N8. The van der Waals surface area contributed by atoms with Crippen LogP contribution in [0.15, 0.2) is 400 Å². The van der Waals surface area contributed by atoms with Gasteiger partial charge >= 0.3 is 0 Å². The van der Waals surface area contributed by atoms with Gasteiger partial charge in [-0.1, -0.05) is 320 Å². The molecule has 0 aliphatic carbocycles. The molecule has 590 valence electrons. The van der Waals surface area contributed by atoms with Crippen LogP contribution in [-0.2, 0) is 11.8 Å². The number of aryl methyl sites for hydroxylation is 1. The third-order valence-corrected chi connectivity index (χ3v) is 24.6. The molecule has 0 N–H and O–H groups in total. The molecule has 6 heterocycles. The molecule has 0 bridgehead atoms. The first-order valence-corrected chi connectivity index (χ1v) is 43.1. The Morgan fingerprint density at radius 1 is 0.211 bits per heavy atom. The summed E-state index contributed by atoms with van der Waals surface area (Å²) in [5.41, 5.74) is 31.6. The Balaban J connectivity index is 0.000000151. The van der Waals surface area contributed by atoms with Crippen molar-refractivity contribution in [2.75, 3.05) is 0 Å². The molecule has 0 amide bonds. The minimum absolute atomic E-state index is 0.103. The van der Waals surface area contributed by atoms with E-state index in [4.69, 9.17) is 19.9 Å². The number of fused-ring (bicyclic) bond motifs is 12. The first-order chi connectivity index (χ1) is 60.6. The summed E-state index contributed by atoms with van der Waals surface area (Å²) in [6.45, 7) is 9.07. The van der Waals surface area contributed by atoms with Gasteiger partial charge in [-0.3, -0.25) is 0 Å². The van der Waals surface area contributed by atoms with Crippen molar-refractivity contribution >= 4 is 87.2 Å². The third-order valence-electron chi connectivity index (χ3n) is 24.6. The second kappa shape index (κ2) is 32.2. The Morgan fingerprint density at radius 3 is 0.772 bits per heavy atom. The molecule has 0 radical (unpaired) electrons. The van der Waals surface area contributed by atoms with Gasteiger partial charge in [0.2, 0.25) is 0 Å². The first kappa shape index (κ1) is 75.4. The number of hydrogen-bond acceptors (Lipinski definition) is 4. The minimum Gasteiger partial charge on any atom is -0.309 e. The summed E-state index contributed by atoms with van der Waals surface area (Å²) in [6, 6.07) is 144. The highest BCUT2D eigenvalue weighted by Crippen LogP contribution is 2.43. The quantitative estimate of drug-likeness (QED) is 0.0803. The predicted octanol–water partition coefficient (Wildman–Crippen LogP) is 30.5. The molecule has 22 aromatic rings. The van der Waals surface area contributed by atoms with Gasteiger partial charge in [0.1, 0.15) is 0 Å². The summed E-state index contributed by atoms with van der Waals surface area (Å²) in [7, 11) is 0. The second-order valence-corrected chi connectivity index (χ2v) is 33.4. The van der Waals surface area contributed by atoms with Crippen LogP contribution in [0, 0.1) is 0 Å². The van der Waals surface area contributed by atoms with Gasteiger partial charge in [-0.25, -0.2) is 19.9 Å². The van der Waals surface area contributed by atoms with E-state index in [-0.39, 0.29) is 5.41 Å². The fraction of sp³-hybridized carbons (Fsp3) is 0.0957.